The van der Waals surface area contributed by atoms with Crippen LogP contribution in [0, 0.1) is 0 Å². The topological polar surface area (TPSA) is 65.8 Å². The maximum Gasteiger partial charge on any atom is 0.0931 e. The van der Waals surface area contributed by atoms with Gasteiger partial charge in [-0.25, -0.2) is 0 Å². The number of hydrogen-bond acceptors (Lipinski definition) is 5. The first-order chi connectivity index (χ1) is 9.20. The van der Waals surface area contributed by atoms with Crippen LogP contribution in [-0.4, -0.2) is 47.6 Å². The molecule has 5 heteroatoms. The minimum Gasteiger partial charge on any atom is -0.394 e. The largest absolute Gasteiger partial charge is 0.394 e. The summed E-state index contributed by atoms with van der Waals surface area (Å²) in [5, 5.41) is 18.2. The van der Waals surface area contributed by atoms with Gasteiger partial charge in [0, 0.05) is 13.1 Å². The predicted molar refractivity (Wildman–Crippen MR) is 73.1 cm³/mol. The zero-order chi connectivity index (χ0) is 13.7. The normalized spacial score (nSPS) is 18.6. The molecule has 1 fully saturated rings. The molecule has 1 saturated heterocycles. The molecule has 0 radical (unpaired) electrons. The number of rotatable bonds is 5. The Balaban J connectivity index is 1.87. The van der Waals surface area contributed by atoms with Crippen molar-refractivity contribution >= 4 is 5.69 Å². The molecule has 106 valence electrons. The highest BCUT2D eigenvalue weighted by Gasteiger charge is 2.20. The minimum absolute atomic E-state index is 0.0882. The van der Waals surface area contributed by atoms with Crippen molar-refractivity contribution in [3.05, 3.63) is 24.0 Å². The molecule has 1 aliphatic rings. The first-order valence-electron chi connectivity index (χ1n) is 6.82. The molecule has 1 atom stereocenters. The quantitative estimate of drug-likeness (QED) is 0.836. The fraction of sp³-hybridized carbons (Fsp3) is 0.643. The van der Waals surface area contributed by atoms with Gasteiger partial charge in [0.1, 0.15) is 0 Å². The van der Waals surface area contributed by atoms with Gasteiger partial charge in [0.05, 0.1) is 43.0 Å². The van der Waals surface area contributed by atoms with Crippen LogP contribution in [0.1, 0.15) is 31.6 Å². The fourth-order valence-corrected chi connectivity index (χ4v) is 2.33. The SMILES string of the molecule is C[C@H](O)c1ccc(N2CCC(OCCO)CC2)cn1. The highest BCUT2D eigenvalue weighted by molar-refractivity contribution is 5.45. The number of piperidine rings is 1. The summed E-state index contributed by atoms with van der Waals surface area (Å²) < 4.78 is 5.54. The molecule has 5 nitrogen and oxygen atoms in total. The van der Waals surface area contributed by atoms with Gasteiger partial charge in [-0.2, -0.15) is 0 Å². The van der Waals surface area contributed by atoms with Crippen molar-refractivity contribution in [2.24, 2.45) is 0 Å². The molecule has 0 bridgehead atoms. The Bertz CT molecular complexity index is 373. The van der Waals surface area contributed by atoms with E-state index in [-0.39, 0.29) is 12.7 Å². The Morgan fingerprint density at radius 1 is 1.42 bits per heavy atom. The predicted octanol–water partition coefficient (Wildman–Crippen LogP) is 1.11. The summed E-state index contributed by atoms with van der Waals surface area (Å²) in [6.45, 7) is 4.10. The van der Waals surface area contributed by atoms with E-state index in [4.69, 9.17) is 9.84 Å². The van der Waals surface area contributed by atoms with Crippen molar-refractivity contribution in [2.75, 3.05) is 31.2 Å². The molecule has 1 aromatic rings. The van der Waals surface area contributed by atoms with Crippen molar-refractivity contribution in [3.8, 4) is 0 Å². The molecule has 2 heterocycles. The number of anilines is 1. The Morgan fingerprint density at radius 2 is 2.16 bits per heavy atom. The highest BCUT2D eigenvalue weighted by Crippen LogP contribution is 2.21. The number of pyridine rings is 1. The second-order valence-electron chi connectivity index (χ2n) is 4.90. The number of aromatic nitrogens is 1. The number of nitrogens with zero attached hydrogens (tertiary/aromatic N) is 2. The molecule has 0 aliphatic carbocycles. The number of aliphatic hydroxyl groups is 2. The lowest BCUT2D eigenvalue weighted by Gasteiger charge is -2.33. The summed E-state index contributed by atoms with van der Waals surface area (Å²) in [6, 6.07) is 3.87. The summed E-state index contributed by atoms with van der Waals surface area (Å²) in [4.78, 5) is 6.54. The van der Waals surface area contributed by atoms with Crippen molar-refractivity contribution in [1.29, 1.82) is 0 Å². The van der Waals surface area contributed by atoms with Crippen molar-refractivity contribution in [2.45, 2.75) is 32.0 Å². The van der Waals surface area contributed by atoms with Crippen molar-refractivity contribution in [1.82, 2.24) is 4.98 Å². The van der Waals surface area contributed by atoms with E-state index in [2.05, 4.69) is 9.88 Å². The van der Waals surface area contributed by atoms with E-state index in [9.17, 15) is 5.11 Å². The molecular weight excluding hydrogens is 244 g/mol. The van der Waals surface area contributed by atoms with Gasteiger partial charge in [-0.05, 0) is 31.9 Å². The third kappa shape index (κ3) is 3.89. The molecule has 2 rings (SSSR count). The van der Waals surface area contributed by atoms with Gasteiger partial charge in [0.25, 0.3) is 0 Å². The first kappa shape index (κ1) is 14.2. The van der Waals surface area contributed by atoms with Crippen LogP contribution in [0.5, 0.6) is 0 Å². The van der Waals surface area contributed by atoms with Gasteiger partial charge in [0.2, 0.25) is 0 Å². The van der Waals surface area contributed by atoms with Crippen LogP contribution in [0.25, 0.3) is 0 Å². The average molecular weight is 266 g/mol. The monoisotopic (exact) mass is 266 g/mol. The molecule has 0 saturated carbocycles. The molecule has 0 unspecified atom stereocenters. The van der Waals surface area contributed by atoms with Gasteiger partial charge in [0.15, 0.2) is 0 Å². The van der Waals surface area contributed by atoms with Gasteiger partial charge >= 0.3 is 0 Å². The summed E-state index contributed by atoms with van der Waals surface area (Å²) >= 11 is 0. The van der Waals surface area contributed by atoms with Crippen LogP contribution in [-0.2, 0) is 4.74 Å². The van der Waals surface area contributed by atoms with Crippen molar-refractivity contribution in [3.63, 3.8) is 0 Å². The van der Waals surface area contributed by atoms with Crippen LogP contribution >= 0.6 is 0 Å². The molecule has 0 aromatic carbocycles. The van der Waals surface area contributed by atoms with Gasteiger partial charge in [-0.3, -0.25) is 4.98 Å². The molecular formula is C14H22N2O3. The lowest BCUT2D eigenvalue weighted by Crippen LogP contribution is -2.37. The van der Waals surface area contributed by atoms with Crippen LogP contribution in [0.2, 0.25) is 0 Å². The van der Waals surface area contributed by atoms with E-state index in [0.29, 0.717) is 12.3 Å². The van der Waals surface area contributed by atoms with E-state index in [1.54, 1.807) is 6.92 Å². The van der Waals surface area contributed by atoms with E-state index < -0.39 is 6.10 Å². The van der Waals surface area contributed by atoms with E-state index in [1.165, 1.54) is 0 Å². The molecule has 0 amide bonds. The second kappa shape index (κ2) is 6.84. The summed E-state index contributed by atoms with van der Waals surface area (Å²) in [7, 11) is 0. The maximum absolute atomic E-state index is 9.43. The summed E-state index contributed by atoms with van der Waals surface area (Å²) in [5.41, 5.74) is 1.79. The molecule has 0 spiro atoms. The van der Waals surface area contributed by atoms with E-state index >= 15 is 0 Å². The molecule has 19 heavy (non-hydrogen) atoms. The van der Waals surface area contributed by atoms with Crippen LogP contribution < -0.4 is 4.90 Å². The second-order valence-corrected chi connectivity index (χ2v) is 4.90. The third-order valence-electron chi connectivity index (χ3n) is 3.45. The van der Waals surface area contributed by atoms with Gasteiger partial charge in [-0.15, -0.1) is 0 Å². The van der Waals surface area contributed by atoms with Gasteiger partial charge < -0.3 is 19.8 Å². The fourth-order valence-electron chi connectivity index (χ4n) is 2.33. The van der Waals surface area contributed by atoms with Crippen LogP contribution in [0.15, 0.2) is 18.3 Å². The number of aliphatic hydroxyl groups excluding tert-OH is 2. The average Bonchev–Trinajstić information content (AvgIpc) is 2.46. The van der Waals surface area contributed by atoms with E-state index in [0.717, 1.165) is 31.6 Å². The zero-order valence-electron chi connectivity index (χ0n) is 11.3. The highest BCUT2D eigenvalue weighted by atomic mass is 16.5. The first-order valence-corrected chi connectivity index (χ1v) is 6.82. The smallest absolute Gasteiger partial charge is 0.0931 e. The summed E-state index contributed by atoms with van der Waals surface area (Å²) in [6.07, 6.45) is 3.49. The molecule has 2 N–H and O–H groups in total. The van der Waals surface area contributed by atoms with Crippen LogP contribution in [0.3, 0.4) is 0 Å². The molecule has 1 aliphatic heterocycles. The number of hydrogen-bond donors (Lipinski definition) is 2. The minimum atomic E-state index is -0.522. The molecule has 1 aromatic heterocycles. The third-order valence-corrected chi connectivity index (χ3v) is 3.45. The van der Waals surface area contributed by atoms with E-state index in [1.807, 2.05) is 18.3 Å². The number of ether oxygens (including phenoxy) is 1. The standard InChI is InChI=1S/C14H22N2O3/c1-11(18)14-3-2-12(10-15-14)16-6-4-13(5-7-16)19-9-8-17/h2-3,10-11,13,17-18H,4-9H2,1H3/t11-/m0/s1. The Kier molecular flexibility index (Phi) is 5.13. The lowest BCUT2D eigenvalue weighted by molar-refractivity contribution is 0.0159. The zero-order valence-corrected chi connectivity index (χ0v) is 11.3. The van der Waals surface area contributed by atoms with Crippen molar-refractivity contribution < 1.29 is 14.9 Å². The Hall–Kier alpha value is -1.17. The van der Waals surface area contributed by atoms with Gasteiger partial charge in [-0.1, -0.05) is 0 Å². The maximum atomic E-state index is 9.43. The Morgan fingerprint density at radius 3 is 2.68 bits per heavy atom. The summed E-state index contributed by atoms with van der Waals surface area (Å²) in [5.74, 6) is 0. The lowest BCUT2D eigenvalue weighted by atomic mass is 10.1. The van der Waals surface area contributed by atoms with Crippen LogP contribution in [0.4, 0.5) is 5.69 Å². The Labute approximate surface area is 113 Å².